The summed E-state index contributed by atoms with van der Waals surface area (Å²) < 4.78 is 18.3. The molecule has 35 heavy (non-hydrogen) atoms. The number of Topliss-reactive ketones (excluding diaryl/α,β-unsaturated/α-hetero) is 2. The molecule has 1 aromatic carbocycles. The summed E-state index contributed by atoms with van der Waals surface area (Å²) in [5.74, 6) is -3.02. The Morgan fingerprint density at radius 3 is 2.57 bits per heavy atom. The number of benzene rings is 1. The lowest BCUT2D eigenvalue weighted by molar-refractivity contribution is -0.157. The summed E-state index contributed by atoms with van der Waals surface area (Å²) >= 11 is 0. The Labute approximate surface area is 202 Å². The average Bonchev–Trinajstić information content (AvgIpc) is 3.27. The first-order valence-electron chi connectivity index (χ1n) is 11.2. The number of hydrogen-bond donors (Lipinski definition) is 1. The van der Waals surface area contributed by atoms with E-state index in [2.05, 4.69) is 15.5 Å². The molecule has 0 aliphatic carbocycles. The Hall–Kier alpha value is -3.69. The lowest BCUT2D eigenvalue weighted by atomic mass is 9.90. The minimum absolute atomic E-state index is 0.00800. The maximum atomic E-state index is 13.2. The fraction of sp³-hybridized carbons (Fsp3) is 0.440. The Bertz CT molecular complexity index is 1180. The molecule has 0 spiro atoms. The monoisotopic (exact) mass is 485 g/mol. The maximum absolute atomic E-state index is 13.2. The van der Waals surface area contributed by atoms with Gasteiger partial charge in [-0.1, -0.05) is 36.3 Å². The van der Waals surface area contributed by atoms with Crippen LogP contribution in [0.2, 0.25) is 0 Å². The number of aromatic nitrogens is 1. The van der Waals surface area contributed by atoms with Crippen LogP contribution in [0.5, 0.6) is 0 Å². The number of fused-ring (bicyclic) bond motifs is 1. The highest BCUT2D eigenvalue weighted by molar-refractivity contribution is 6.48. The van der Waals surface area contributed by atoms with Crippen LogP contribution >= 0.6 is 0 Å². The summed E-state index contributed by atoms with van der Waals surface area (Å²) in [7, 11) is 0. The van der Waals surface area contributed by atoms with E-state index in [0.29, 0.717) is 5.39 Å². The van der Waals surface area contributed by atoms with Crippen molar-refractivity contribution in [1.82, 2.24) is 10.3 Å². The number of nitrogens with zero attached hydrogens (tertiary/aromatic N) is 2. The van der Waals surface area contributed by atoms with Gasteiger partial charge in [-0.2, -0.15) is 0 Å². The molecule has 0 fully saturated rings. The van der Waals surface area contributed by atoms with Gasteiger partial charge in [-0.15, -0.1) is 0 Å². The number of alkyl halides is 1. The van der Waals surface area contributed by atoms with Gasteiger partial charge in [0.1, 0.15) is 29.7 Å². The minimum atomic E-state index is -1.60. The van der Waals surface area contributed by atoms with E-state index in [0.717, 1.165) is 5.39 Å². The number of amides is 1. The number of ketones is 2. The Kier molecular flexibility index (Phi) is 7.62. The molecule has 0 bridgehead atoms. The zero-order valence-corrected chi connectivity index (χ0v) is 20.1. The van der Waals surface area contributed by atoms with Gasteiger partial charge in [0.25, 0.3) is 5.91 Å². The van der Waals surface area contributed by atoms with Crippen LogP contribution in [0.15, 0.2) is 41.7 Å². The Morgan fingerprint density at radius 2 is 1.91 bits per heavy atom. The number of nitrogens with one attached hydrogen (secondary N) is 1. The first-order chi connectivity index (χ1) is 16.5. The Balaban J connectivity index is 1.77. The van der Waals surface area contributed by atoms with Crippen molar-refractivity contribution in [1.29, 1.82) is 0 Å². The van der Waals surface area contributed by atoms with Crippen molar-refractivity contribution in [3.63, 3.8) is 0 Å². The molecular weight excluding hydrogens is 457 g/mol. The van der Waals surface area contributed by atoms with Crippen molar-refractivity contribution in [2.24, 2.45) is 5.16 Å². The molecule has 9 nitrogen and oxygen atoms in total. The van der Waals surface area contributed by atoms with Gasteiger partial charge in [-0.3, -0.25) is 24.2 Å². The van der Waals surface area contributed by atoms with Crippen molar-refractivity contribution < 1.29 is 33.1 Å². The van der Waals surface area contributed by atoms with Crippen LogP contribution in [0.4, 0.5) is 4.39 Å². The zero-order valence-electron chi connectivity index (χ0n) is 20.1. The summed E-state index contributed by atoms with van der Waals surface area (Å²) in [4.78, 5) is 60.2. The predicted octanol–water partition coefficient (Wildman–Crippen LogP) is 3.10. The van der Waals surface area contributed by atoms with E-state index in [1.807, 2.05) is 12.1 Å². The molecule has 1 N–H and O–H groups in total. The van der Waals surface area contributed by atoms with Gasteiger partial charge < -0.3 is 14.9 Å². The van der Waals surface area contributed by atoms with E-state index in [9.17, 15) is 23.6 Å². The average molecular weight is 486 g/mol. The van der Waals surface area contributed by atoms with Gasteiger partial charge in [0.05, 0.1) is 6.42 Å². The van der Waals surface area contributed by atoms with Crippen molar-refractivity contribution in [2.75, 3.05) is 6.67 Å². The molecule has 1 amide bonds. The number of carbonyl (C=O) groups excluding carboxylic acids is 4. The molecule has 2 unspecified atom stereocenters. The number of esters is 1. The smallest absolute Gasteiger partial charge is 0.308 e. The molecule has 186 valence electrons. The fourth-order valence-corrected chi connectivity index (χ4v) is 3.69. The summed E-state index contributed by atoms with van der Waals surface area (Å²) in [6, 6.07) is 7.55. The molecule has 10 heteroatoms. The first kappa shape index (κ1) is 25.9. The van der Waals surface area contributed by atoms with Crippen LogP contribution < -0.4 is 5.32 Å². The lowest BCUT2D eigenvalue weighted by Crippen LogP contribution is -2.53. The second-order valence-electron chi connectivity index (χ2n) is 9.28. The third-order valence-corrected chi connectivity index (χ3v) is 5.54. The fourth-order valence-electron chi connectivity index (χ4n) is 3.69. The third kappa shape index (κ3) is 5.87. The van der Waals surface area contributed by atoms with Crippen LogP contribution in [0, 0.1) is 0 Å². The first-order valence-corrected chi connectivity index (χ1v) is 11.2. The van der Waals surface area contributed by atoms with Crippen LogP contribution in [0.3, 0.4) is 0 Å². The van der Waals surface area contributed by atoms with E-state index in [4.69, 9.17) is 9.57 Å². The highest BCUT2D eigenvalue weighted by Gasteiger charge is 2.48. The van der Waals surface area contributed by atoms with E-state index in [1.165, 1.54) is 6.20 Å². The second-order valence-corrected chi connectivity index (χ2v) is 9.28. The lowest BCUT2D eigenvalue weighted by Gasteiger charge is -2.27. The Morgan fingerprint density at radius 1 is 1.20 bits per heavy atom. The molecule has 2 heterocycles. The minimum Gasteiger partial charge on any atom is -0.460 e. The van der Waals surface area contributed by atoms with E-state index in [-0.39, 0.29) is 24.2 Å². The number of ether oxygens (including phenoxy) is 1. The van der Waals surface area contributed by atoms with Crippen LogP contribution in [-0.2, 0) is 24.0 Å². The van der Waals surface area contributed by atoms with Crippen molar-refractivity contribution in [2.45, 2.75) is 64.2 Å². The van der Waals surface area contributed by atoms with Crippen LogP contribution in [0.1, 0.15) is 57.4 Å². The molecule has 2 aromatic rings. The van der Waals surface area contributed by atoms with Crippen molar-refractivity contribution >= 4 is 39.9 Å². The predicted molar refractivity (Wildman–Crippen MR) is 126 cm³/mol. The molecule has 2 atom stereocenters. The quantitative estimate of drug-likeness (QED) is 0.427. The van der Waals surface area contributed by atoms with Gasteiger partial charge in [-0.25, -0.2) is 4.39 Å². The molecule has 1 aromatic heterocycles. The van der Waals surface area contributed by atoms with E-state index in [1.54, 1.807) is 45.9 Å². The highest BCUT2D eigenvalue weighted by Crippen LogP contribution is 2.30. The number of carbonyl (C=O) groups is 4. The van der Waals surface area contributed by atoms with Crippen molar-refractivity contribution in [3.8, 4) is 0 Å². The summed E-state index contributed by atoms with van der Waals surface area (Å²) in [6.07, 6.45) is 0.890. The van der Waals surface area contributed by atoms with Crippen LogP contribution in [0.25, 0.3) is 10.8 Å². The van der Waals surface area contributed by atoms with Gasteiger partial charge in [0, 0.05) is 18.0 Å². The van der Waals surface area contributed by atoms with Gasteiger partial charge >= 0.3 is 5.97 Å². The van der Waals surface area contributed by atoms with Gasteiger partial charge in [-0.05, 0) is 38.6 Å². The summed E-state index contributed by atoms with van der Waals surface area (Å²) in [5.41, 5.74) is -2.25. The van der Waals surface area contributed by atoms with Gasteiger partial charge in [0.15, 0.2) is 5.78 Å². The molecular formula is C25H28FN3O6. The van der Waals surface area contributed by atoms with Crippen molar-refractivity contribution in [3.05, 3.63) is 42.2 Å². The number of rotatable bonds is 9. The molecule has 1 aliphatic rings. The second kappa shape index (κ2) is 10.3. The normalized spacial score (nSPS) is 18.4. The maximum Gasteiger partial charge on any atom is 0.308 e. The molecule has 3 rings (SSSR count). The molecule has 1 aliphatic heterocycles. The number of pyridine rings is 1. The summed E-state index contributed by atoms with van der Waals surface area (Å²) in [6.45, 7) is 5.22. The third-order valence-electron chi connectivity index (χ3n) is 5.54. The number of oxime groups is 1. The number of hydrogen-bond acceptors (Lipinski definition) is 8. The highest BCUT2D eigenvalue weighted by atomic mass is 19.1. The standard InChI is InChI=1S/C25H28FN3O6/c1-5-25(23(33)28-17(19(30)14-26)12-20(31)34-24(2,3)4)13-18(29-35-25)22(32)21-16-9-7-6-8-15(16)10-11-27-21/h6-11,17H,5,12-14H2,1-4H3,(H,28,33). The largest absolute Gasteiger partial charge is 0.460 e. The zero-order chi connectivity index (χ0) is 25.8. The van der Waals surface area contributed by atoms with E-state index >= 15 is 0 Å². The molecule has 0 saturated heterocycles. The van der Waals surface area contributed by atoms with E-state index < -0.39 is 53.8 Å². The topological polar surface area (TPSA) is 124 Å². The summed E-state index contributed by atoms with van der Waals surface area (Å²) in [5, 5.41) is 7.70. The number of halogens is 1. The van der Waals surface area contributed by atoms with Crippen LogP contribution in [-0.4, -0.2) is 58.1 Å². The van der Waals surface area contributed by atoms with Gasteiger partial charge in [0.2, 0.25) is 11.4 Å². The molecule has 0 radical (unpaired) electrons. The molecule has 0 saturated carbocycles. The SMILES string of the molecule is CCC1(C(=O)NC(CC(=O)OC(C)(C)C)C(=O)CF)CC(C(=O)c2nccc3ccccc23)=NO1.